The number of hydrogen-bond donors (Lipinski definition) is 0. The number of hydrogen-bond acceptors (Lipinski definition) is 3. The van der Waals surface area contributed by atoms with E-state index < -0.39 is 27.5 Å². The maximum atomic E-state index is 12.7. The maximum absolute atomic E-state index is 12.7. The minimum atomic E-state index is -3.81. The Labute approximate surface area is 74.1 Å². The summed E-state index contributed by atoms with van der Waals surface area (Å²) in [5, 5.41) is 0. The van der Waals surface area contributed by atoms with Crippen LogP contribution in [0.15, 0.2) is 12.1 Å². The van der Waals surface area contributed by atoms with Crippen LogP contribution in [0, 0.1) is 17.7 Å². The zero-order chi connectivity index (χ0) is 10.1. The third kappa shape index (κ3) is 2.98. The molecule has 0 aliphatic heterocycles. The van der Waals surface area contributed by atoms with Gasteiger partial charge in [-0.1, -0.05) is 0 Å². The minimum Gasteiger partial charge on any atom is -0.379 e. The van der Waals surface area contributed by atoms with Gasteiger partial charge in [-0.15, -0.1) is 0 Å². The zero-order valence-electron chi connectivity index (χ0n) is 6.54. The fourth-order valence-corrected chi connectivity index (χ4v) is 1.08. The van der Waals surface area contributed by atoms with Crippen molar-refractivity contribution >= 4 is 10.1 Å². The van der Waals surface area contributed by atoms with Gasteiger partial charge in [0, 0.05) is 12.1 Å². The van der Waals surface area contributed by atoms with Crippen LogP contribution in [0.2, 0.25) is 0 Å². The Morgan fingerprint density at radius 2 is 2.08 bits per heavy atom. The molecule has 0 fully saturated rings. The van der Waals surface area contributed by atoms with Gasteiger partial charge in [-0.05, 0) is 6.07 Å². The molecule has 0 saturated heterocycles. The molecule has 1 aromatic rings. The SMILES string of the molecule is CS(=O)(=O)Oc1[c]cc(F)cc1F. The van der Waals surface area contributed by atoms with Gasteiger partial charge in [0.05, 0.1) is 6.26 Å². The Morgan fingerprint density at radius 1 is 1.46 bits per heavy atom. The molecule has 0 saturated carbocycles. The van der Waals surface area contributed by atoms with Gasteiger partial charge in [-0.2, -0.15) is 8.42 Å². The second kappa shape index (κ2) is 3.29. The monoisotopic (exact) mass is 207 g/mol. The Bertz CT molecular complexity index is 414. The molecule has 0 spiro atoms. The van der Waals surface area contributed by atoms with Crippen molar-refractivity contribution in [2.75, 3.05) is 6.26 Å². The van der Waals surface area contributed by atoms with Crippen LogP contribution in [-0.4, -0.2) is 14.7 Å². The van der Waals surface area contributed by atoms with Crippen LogP contribution in [0.4, 0.5) is 8.78 Å². The lowest BCUT2D eigenvalue weighted by Gasteiger charge is -2.02. The smallest absolute Gasteiger partial charge is 0.306 e. The molecule has 6 heteroatoms. The van der Waals surface area contributed by atoms with Crippen molar-refractivity contribution in [3.63, 3.8) is 0 Å². The van der Waals surface area contributed by atoms with Crippen molar-refractivity contribution in [1.82, 2.24) is 0 Å². The topological polar surface area (TPSA) is 43.4 Å². The van der Waals surface area contributed by atoms with E-state index in [4.69, 9.17) is 0 Å². The summed E-state index contributed by atoms with van der Waals surface area (Å²) in [5.41, 5.74) is 0. The van der Waals surface area contributed by atoms with Crippen LogP contribution in [0.25, 0.3) is 0 Å². The van der Waals surface area contributed by atoms with Crippen molar-refractivity contribution in [3.8, 4) is 5.75 Å². The molecular weight excluding hydrogens is 202 g/mol. The van der Waals surface area contributed by atoms with Crippen molar-refractivity contribution in [2.24, 2.45) is 0 Å². The Balaban J connectivity index is 3.04. The van der Waals surface area contributed by atoms with E-state index in [1.54, 1.807) is 0 Å². The molecule has 1 rings (SSSR count). The Hall–Kier alpha value is -1.17. The highest BCUT2D eigenvalue weighted by molar-refractivity contribution is 7.86. The summed E-state index contributed by atoms with van der Waals surface area (Å²) in [6, 6.07) is 3.30. The summed E-state index contributed by atoms with van der Waals surface area (Å²) in [6.45, 7) is 0. The van der Waals surface area contributed by atoms with E-state index >= 15 is 0 Å². The third-order valence-corrected chi connectivity index (χ3v) is 1.53. The molecule has 0 aliphatic carbocycles. The van der Waals surface area contributed by atoms with Gasteiger partial charge >= 0.3 is 10.1 Å². The van der Waals surface area contributed by atoms with Gasteiger partial charge in [0.1, 0.15) is 5.82 Å². The minimum absolute atomic E-state index is 0.511. The molecule has 1 radical (unpaired) electrons. The fraction of sp³-hybridized carbons (Fsp3) is 0.143. The lowest BCUT2D eigenvalue weighted by atomic mass is 10.3. The fourth-order valence-electron chi connectivity index (χ4n) is 0.647. The summed E-state index contributed by atoms with van der Waals surface area (Å²) < 4.78 is 50.3. The summed E-state index contributed by atoms with van der Waals surface area (Å²) in [6.07, 6.45) is 0.754. The predicted octanol–water partition coefficient (Wildman–Crippen LogP) is 1.10. The molecule has 0 N–H and O–H groups in total. The van der Waals surface area contributed by atoms with Gasteiger partial charge < -0.3 is 4.18 Å². The summed E-state index contributed by atoms with van der Waals surface area (Å²) in [7, 11) is -3.81. The molecule has 0 heterocycles. The van der Waals surface area contributed by atoms with Crippen molar-refractivity contribution in [2.45, 2.75) is 0 Å². The molecule has 0 atom stereocenters. The van der Waals surface area contributed by atoms with Gasteiger partial charge in [0.15, 0.2) is 11.6 Å². The van der Waals surface area contributed by atoms with Crippen molar-refractivity contribution in [1.29, 1.82) is 0 Å². The lowest BCUT2D eigenvalue weighted by Crippen LogP contribution is -2.07. The van der Waals surface area contributed by atoms with E-state index in [2.05, 4.69) is 4.18 Å². The highest BCUT2D eigenvalue weighted by Crippen LogP contribution is 2.17. The average Bonchev–Trinajstić information content (AvgIpc) is 1.93. The Morgan fingerprint density at radius 3 is 2.54 bits per heavy atom. The number of halogens is 2. The second-order valence-electron chi connectivity index (χ2n) is 2.28. The van der Waals surface area contributed by atoms with E-state index in [1.165, 1.54) is 0 Å². The first-order valence-corrected chi connectivity index (χ1v) is 4.96. The first kappa shape index (κ1) is 9.91. The highest BCUT2D eigenvalue weighted by atomic mass is 32.2. The van der Waals surface area contributed by atoms with Gasteiger partial charge in [-0.25, -0.2) is 8.78 Å². The van der Waals surface area contributed by atoms with Crippen LogP contribution in [-0.2, 0) is 10.1 Å². The van der Waals surface area contributed by atoms with E-state index in [-0.39, 0.29) is 0 Å². The lowest BCUT2D eigenvalue weighted by molar-refractivity contribution is 0.462. The first-order chi connectivity index (χ1) is 5.88. The summed E-state index contributed by atoms with van der Waals surface area (Å²) in [4.78, 5) is 0. The molecule has 0 aliphatic rings. The summed E-state index contributed by atoms with van der Waals surface area (Å²) >= 11 is 0. The Kier molecular flexibility index (Phi) is 2.51. The number of benzene rings is 1. The molecule has 13 heavy (non-hydrogen) atoms. The predicted molar refractivity (Wildman–Crippen MR) is 40.7 cm³/mol. The van der Waals surface area contributed by atoms with Crippen LogP contribution < -0.4 is 4.18 Å². The van der Waals surface area contributed by atoms with Crippen LogP contribution in [0.1, 0.15) is 0 Å². The van der Waals surface area contributed by atoms with E-state index in [9.17, 15) is 17.2 Å². The third-order valence-electron chi connectivity index (χ3n) is 1.06. The van der Waals surface area contributed by atoms with Gasteiger partial charge in [-0.3, -0.25) is 0 Å². The molecule has 0 unspecified atom stereocenters. The number of rotatable bonds is 2. The summed E-state index contributed by atoms with van der Waals surface area (Å²) in [5.74, 6) is -2.59. The van der Waals surface area contributed by atoms with Crippen molar-refractivity contribution < 1.29 is 21.4 Å². The molecule has 0 amide bonds. The molecule has 0 bridgehead atoms. The highest BCUT2D eigenvalue weighted by Gasteiger charge is 2.10. The zero-order valence-corrected chi connectivity index (χ0v) is 7.36. The van der Waals surface area contributed by atoms with E-state index in [0.29, 0.717) is 6.07 Å². The van der Waals surface area contributed by atoms with E-state index in [0.717, 1.165) is 12.3 Å². The average molecular weight is 207 g/mol. The molecular formula is C7H5F2O3S. The second-order valence-corrected chi connectivity index (χ2v) is 3.86. The first-order valence-electron chi connectivity index (χ1n) is 3.15. The normalized spacial score (nSPS) is 11.3. The largest absolute Gasteiger partial charge is 0.379 e. The van der Waals surface area contributed by atoms with Crippen LogP contribution in [0.5, 0.6) is 5.75 Å². The molecule has 0 aromatic heterocycles. The standard InChI is InChI=1S/C7H5F2O3S/c1-13(10,11)12-7-3-2-5(8)4-6(7)9/h2,4H,1H3. The van der Waals surface area contributed by atoms with Crippen LogP contribution in [0.3, 0.4) is 0 Å². The molecule has 1 aromatic carbocycles. The van der Waals surface area contributed by atoms with Crippen LogP contribution >= 0.6 is 0 Å². The molecule has 71 valence electrons. The van der Waals surface area contributed by atoms with Gasteiger partial charge in [0.25, 0.3) is 0 Å². The van der Waals surface area contributed by atoms with E-state index in [1.807, 2.05) is 6.07 Å². The molecule has 3 nitrogen and oxygen atoms in total. The van der Waals surface area contributed by atoms with Gasteiger partial charge in [0.2, 0.25) is 0 Å². The maximum Gasteiger partial charge on any atom is 0.306 e. The quantitative estimate of drug-likeness (QED) is 0.682. The van der Waals surface area contributed by atoms with Crippen molar-refractivity contribution in [3.05, 3.63) is 29.8 Å².